The smallest absolute Gasteiger partial charge is 0.406 e. The van der Waals surface area contributed by atoms with Crippen LogP contribution in [0.5, 0.6) is 5.75 Å². The van der Waals surface area contributed by atoms with Crippen molar-refractivity contribution in [1.82, 2.24) is 14.9 Å². The van der Waals surface area contributed by atoms with E-state index in [0.29, 0.717) is 24.6 Å². The lowest BCUT2D eigenvalue weighted by Crippen LogP contribution is -2.47. The van der Waals surface area contributed by atoms with E-state index in [1.165, 1.54) is 29.8 Å². The Balaban J connectivity index is 1.08. The number of halogens is 3. The summed E-state index contributed by atoms with van der Waals surface area (Å²) in [5, 5.41) is 12.7. The molecule has 1 aliphatic heterocycles. The Morgan fingerprint density at radius 3 is 2.33 bits per heavy atom. The van der Waals surface area contributed by atoms with Crippen molar-refractivity contribution in [2.45, 2.75) is 31.0 Å². The highest BCUT2D eigenvalue weighted by Gasteiger charge is 2.44. The molecule has 2 fully saturated rings. The van der Waals surface area contributed by atoms with E-state index in [2.05, 4.69) is 72.8 Å². The van der Waals surface area contributed by atoms with Crippen LogP contribution in [0, 0.1) is 11.3 Å². The highest BCUT2D eigenvalue weighted by atomic mass is 19.4. The molecule has 204 valence electrons. The van der Waals surface area contributed by atoms with Gasteiger partial charge in [0.25, 0.3) is 0 Å². The van der Waals surface area contributed by atoms with Crippen LogP contribution in [-0.4, -0.2) is 47.4 Å². The SMILES string of the molecule is C=C(Nc1ccc(OC(F)(F)F)cc1)N1CCN(c2ncnc3c2C=C(c2ccc(C4(C#N)CC4)cc2)C3)CC1. The van der Waals surface area contributed by atoms with Gasteiger partial charge in [-0.05, 0) is 59.9 Å². The first-order chi connectivity index (χ1) is 19.2. The summed E-state index contributed by atoms with van der Waals surface area (Å²) < 4.78 is 41.1. The highest BCUT2D eigenvalue weighted by Crippen LogP contribution is 2.47. The minimum atomic E-state index is -4.72. The number of rotatable bonds is 7. The van der Waals surface area contributed by atoms with Gasteiger partial charge in [-0.15, -0.1) is 13.2 Å². The molecule has 2 heterocycles. The van der Waals surface area contributed by atoms with Crippen LogP contribution in [-0.2, 0) is 11.8 Å². The average Bonchev–Trinajstić information content (AvgIpc) is 3.63. The van der Waals surface area contributed by atoms with E-state index in [9.17, 15) is 18.4 Å². The number of anilines is 2. The van der Waals surface area contributed by atoms with Gasteiger partial charge in [0.05, 0.1) is 23.0 Å². The molecule has 7 nitrogen and oxygen atoms in total. The maximum atomic E-state index is 12.4. The molecule has 2 aromatic carbocycles. The van der Waals surface area contributed by atoms with Crippen LogP contribution in [0.15, 0.2) is 67.3 Å². The largest absolute Gasteiger partial charge is 0.573 e. The van der Waals surface area contributed by atoms with Crippen LogP contribution in [0.2, 0.25) is 0 Å². The summed E-state index contributed by atoms with van der Waals surface area (Å²) in [4.78, 5) is 13.5. The molecule has 6 rings (SSSR count). The van der Waals surface area contributed by atoms with Gasteiger partial charge in [-0.1, -0.05) is 30.8 Å². The van der Waals surface area contributed by atoms with Crippen molar-refractivity contribution in [3.05, 3.63) is 89.6 Å². The Bertz CT molecular complexity index is 1500. The number of nitrogens with zero attached hydrogens (tertiary/aromatic N) is 5. The van der Waals surface area contributed by atoms with E-state index in [1.807, 2.05) is 0 Å². The lowest BCUT2D eigenvalue weighted by atomic mass is 9.95. The van der Waals surface area contributed by atoms with Gasteiger partial charge in [0, 0.05) is 43.9 Å². The Labute approximate surface area is 230 Å². The Morgan fingerprint density at radius 2 is 1.70 bits per heavy atom. The van der Waals surface area contributed by atoms with Crippen molar-refractivity contribution in [3.63, 3.8) is 0 Å². The van der Waals surface area contributed by atoms with Gasteiger partial charge in [-0.3, -0.25) is 0 Å². The molecule has 1 N–H and O–H groups in total. The summed E-state index contributed by atoms with van der Waals surface area (Å²) in [6.45, 7) is 7.00. The molecule has 0 radical (unpaired) electrons. The van der Waals surface area contributed by atoms with Gasteiger partial charge in [-0.25, -0.2) is 9.97 Å². The van der Waals surface area contributed by atoms with Crippen molar-refractivity contribution in [1.29, 1.82) is 5.26 Å². The second-order valence-electron chi connectivity index (χ2n) is 10.3. The van der Waals surface area contributed by atoms with E-state index in [0.717, 1.165) is 60.6 Å². The van der Waals surface area contributed by atoms with E-state index >= 15 is 0 Å². The van der Waals surface area contributed by atoms with E-state index in [1.54, 1.807) is 6.33 Å². The number of allylic oxidation sites excluding steroid dienone is 1. The highest BCUT2D eigenvalue weighted by molar-refractivity contribution is 5.91. The maximum absolute atomic E-state index is 12.4. The number of hydrogen-bond acceptors (Lipinski definition) is 7. The lowest BCUT2D eigenvalue weighted by molar-refractivity contribution is -0.274. The number of fused-ring (bicyclic) bond motifs is 1. The average molecular weight is 545 g/mol. The van der Waals surface area contributed by atoms with Crippen molar-refractivity contribution < 1.29 is 17.9 Å². The van der Waals surface area contributed by atoms with E-state index in [4.69, 9.17) is 0 Å². The molecule has 2 aliphatic carbocycles. The Hall–Kier alpha value is -4.52. The number of nitriles is 1. The number of alkyl halides is 3. The molecule has 3 aliphatic rings. The number of ether oxygens (including phenoxy) is 1. The van der Waals surface area contributed by atoms with Crippen LogP contribution in [0.25, 0.3) is 11.6 Å². The van der Waals surface area contributed by atoms with Crippen LogP contribution in [0.1, 0.15) is 35.2 Å². The number of hydrogen-bond donors (Lipinski definition) is 1. The summed E-state index contributed by atoms with van der Waals surface area (Å²) in [6.07, 6.45) is 1.68. The van der Waals surface area contributed by atoms with Crippen LogP contribution in [0.4, 0.5) is 24.7 Å². The van der Waals surface area contributed by atoms with Gasteiger partial charge < -0.3 is 19.9 Å². The Kier molecular flexibility index (Phi) is 6.37. The molecule has 1 saturated heterocycles. The Morgan fingerprint density at radius 1 is 1.00 bits per heavy atom. The zero-order valence-electron chi connectivity index (χ0n) is 21.7. The fourth-order valence-corrected chi connectivity index (χ4v) is 5.32. The molecule has 0 atom stereocenters. The normalized spacial score (nSPS) is 17.5. The number of aromatic nitrogens is 2. The fraction of sp³-hybridized carbons (Fsp3) is 0.300. The van der Waals surface area contributed by atoms with Crippen LogP contribution >= 0.6 is 0 Å². The number of benzene rings is 2. The second kappa shape index (κ2) is 9.90. The fourth-order valence-electron chi connectivity index (χ4n) is 5.32. The summed E-state index contributed by atoms with van der Waals surface area (Å²) in [7, 11) is 0. The van der Waals surface area contributed by atoms with Gasteiger partial charge in [0.2, 0.25) is 0 Å². The minimum Gasteiger partial charge on any atom is -0.406 e. The molecule has 0 amide bonds. The zero-order valence-corrected chi connectivity index (χ0v) is 21.7. The first-order valence-corrected chi connectivity index (χ1v) is 13.1. The molecule has 40 heavy (non-hydrogen) atoms. The molecule has 10 heteroatoms. The first kappa shape index (κ1) is 25.7. The van der Waals surface area contributed by atoms with Crippen molar-refractivity contribution in [3.8, 4) is 11.8 Å². The minimum absolute atomic E-state index is 0.269. The third-order valence-corrected chi connectivity index (χ3v) is 7.73. The quantitative estimate of drug-likeness (QED) is 0.407. The van der Waals surface area contributed by atoms with Crippen molar-refractivity contribution >= 4 is 23.2 Å². The standard InChI is InChI=1S/C30H27F3N6O/c1-20(37-24-6-8-25(9-7-24)40-30(31,32)33)38-12-14-39(15-13-38)28-26-16-22(17-27(26)35-19-36-28)21-2-4-23(5-3-21)29(18-34)10-11-29/h2-9,16,19,37H,1,10-15,17H2. The first-order valence-electron chi connectivity index (χ1n) is 13.1. The maximum Gasteiger partial charge on any atom is 0.573 e. The van der Waals surface area contributed by atoms with Crippen molar-refractivity contribution in [2.24, 2.45) is 0 Å². The number of piperazine rings is 1. The third-order valence-electron chi connectivity index (χ3n) is 7.73. The molecule has 0 bridgehead atoms. The summed E-state index contributed by atoms with van der Waals surface area (Å²) in [6, 6.07) is 16.4. The van der Waals surface area contributed by atoms with Gasteiger partial charge in [0.15, 0.2) is 0 Å². The monoisotopic (exact) mass is 544 g/mol. The zero-order chi connectivity index (χ0) is 27.9. The van der Waals surface area contributed by atoms with Gasteiger partial charge >= 0.3 is 6.36 Å². The molecule has 3 aromatic rings. The lowest BCUT2D eigenvalue weighted by Gasteiger charge is -2.38. The molecule has 1 saturated carbocycles. The van der Waals surface area contributed by atoms with E-state index < -0.39 is 6.36 Å². The summed E-state index contributed by atoms with van der Waals surface area (Å²) in [5.74, 6) is 1.32. The topological polar surface area (TPSA) is 77.3 Å². The second-order valence-corrected chi connectivity index (χ2v) is 10.3. The third kappa shape index (κ3) is 5.19. The molecular formula is C30H27F3N6O. The number of nitrogens with one attached hydrogen (secondary N) is 1. The van der Waals surface area contributed by atoms with Gasteiger partial charge in [-0.2, -0.15) is 5.26 Å². The van der Waals surface area contributed by atoms with Crippen molar-refractivity contribution in [2.75, 3.05) is 36.4 Å². The van der Waals surface area contributed by atoms with Crippen LogP contribution in [0.3, 0.4) is 0 Å². The van der Waals surface area contributed by atoms with E-state index in [-0.39, 0.29) is 11.2 Å². The predicted molar refractivity (Wildman–Crippen MR) is 146 cm³/mol. The summed E-state index contributed by atoms with van der Waals surface area (Å²) in [5.41, 5.74) is 5.80. The van der Waals surface area contributed by atoms with Gasteiger partial charge in [0.1, 0.15) is 17.9 Å². The molecule has 1 aromatic heterocycles. The predicted octanol–water partition coefficient (Wildman–Crippen LogP) is 5.73. The molecule has 0 unspecified atom stereocenters. The van der Waals surface area contributed by atoms with Crippen LogP contribution < -0.4 is 15.0 Å². The summed E-state index contributed by atoms with van der Waals surface area (Å²) >= 11 is 0. The molecular weight excluding hydrogens is 517 g/mol. The molecule has 0 spiro atoms.